The Morgan fingerprint density at radius 3 is 2.77 bits per heavy atom. The molecule has 1 aromatic carbocycles. The monoisotopic (exact) mass is 324 g/mol. The van der Waals surface area contributed by atoms with Crippen molar-refractivity contribution in [1.82, 2.24) is 9.29 Å². The van der Waals surface area contributed by atoms with E-state index in [-0.39, 0.29) is 11.9 Å². The molecule has 0 fully saturated rings. The van der Waals surface area contributed by atoms with Crippen LogP contribution in [0.15, 0.2) is 24.4 Å². The lowest BCUT2D eigenvalue weighted by molar-refractivity contribution is 0.136. The van der Waals surface area contributed by atoms with E-state index >= 15 is 0 Å². The highest BCUT2D eigenvalue weighted by Crippen LogP contribution is 2.22. The zero-order valence-electron chi connectivity index (χ0n) is 13.6. The van der Waals surface area contributed by atoms with Gasteiger partial charge in [0.1, 0.15) is 0 Å². The second kappa shape index (κ2) is 6.81. The first-order valence-corrected chi connectivity index (χ1v) is 9.02. The van der Waals surface area contributed by atoms with Gasteiger partial charge in [-0.3, -0.25) is 0 Å². The molecule has 0 spiro atoms. The molecule has 2 aromatic rings. The molecule has 2 rings (SSSR count). The van der Waals surface area contributed by atoms with Gasteiger partial charge < -0.3 is 9.30 Å². The number of benzene rings is 1. The molecule has 122 valence electrons. The maximum absolute atomic E-state index is 11.9. The molecule has 22 heavy (non-hydrogen) atoms. The van der Waals surface area contributed by atoms with Gasteiger partial charge in [0.15, 0.2) is 0 Å². The Bertz CT molecular complexity index is 750. The molecule has 0 amide bonds. The lowest BCUT2D eigenvalue weighted by Crippen LogP contribution is -2.33. The lowest BCUT2D eigenvalue weighted by Gasteiger charge is -2.11. The van der Waals surface area contributed by atoms with E-state index in [1.165, 1.54) is 23.6 Å². The average molecular weight is 324 g/mol. The number of hydrogen-bond acceptors (Lipinski definition) is 3. The summed E-state index contributed by atoms with van der Waals surface area (Å²) in [6, 6.07) is 6.32. The first kappa shape index (κ1) is 17.0. The molecule has 0 saturated carbocycles. The van der Waals surface area contributed by atoms with Crippen LogP contribution in [0.3, 0.4) is 0 Å². The zero-order valence-corrected chi connectivity index (χ0v) is 14.4. The van der Waals surface area contributed by atoms with E-state index in [2.05, 4.69) is 40.6 Å². The van der Waals surface area contributed by atoms with Crippen LogP contribution in [0.25, 0.3) is 10.9 Å². The van der Waals surface area contributed by atoms with E-state index in [4.69, 9.17) is 4.74 Å². The van der Waals surface area contributed by atoms with Crippen molar-refractivity contribution in [3.05, 3.63) is 35.5 Å². The van der Waals surface area contributed by atoms with Gasteiger partial charge in [-0.25, -0.2) is 13.1 Å². The first-order chi connectivity index (χ1) is 10.3. The quantitative estimate of drug-likeness (QED) is 0.847. The molecule has 1 aromatic heterocycles. The number of fused-ring (bicyclic) bond motifs is 1. The number of nitrogens with one attached hydrogen (secondary N) is 1. The summed E-state index contributed by atoms with van der Waals surface area (Å²) in [6.07, 6.45) is 2.43. The van der Waals surface area contributed by atoms with Crippen LogP contribution in [0.4, 0.5) is 0 Å². The van der Waals surface area contributed by atoms with E-state index in [1.54, 1.807) is 6.92 Å². The molecule has 0 aliphatic heterocycles. The fraction of sp³-hybridized carbons (Fsp3) is 0.500. The molecule has 0 saturated heterocycles. The zero-order chi connectivity index (χ0) is 16.3. The van der Waals surface area contributed by atoms with E-state index in [0.29, 0.717) is 13.0 Å². The summed E-state index contributed by atoms with van der Waals surface area (Å²) in [6.45, 7) is 4.20. The molecule has 1 N–H and O–H groups in total. The molecule has 0 bridgehead atoms. The van der Waals surface area contributed by atoms with Crippen LogP contribution in [0.1, 0.15) is 18.1 Å². The number of sulfonamides is 1. The number of aryl methyl sites for hydroxylation is 2. The van der Waals surface area contributed by atoms with Gasteiger partial charge in [0.2, 0.25) is 10.0 Å². The summed E-state index contributed by atoms with van der Waals surface area (Å²) >= 11 is 0. The van der Waals surface area contributed by atoms with E-state index < -0.39 is 10.0 Å². The van der Waals surface area contributed by atoms with Crippen molar-refractivity contribution in [2.45, 2.75) is 26.4 Å². The third-order valence-electron chi connectivity index (χ3n) is 3.80. The number of aromatic nitrogens is 1. The van der Waals surface area contributed by atoms with Crippen molar-refractivity contribution in [3.8, 4) is 0 Å². The third-order valence-corrected chi connectivity index (χ3v) is 5.35. The Hall–Kier alpha value is -1.37. The molecule has 0 aliphatic rings. The van der Waals surface area contributed by atoms with Gasteiger partial charge in [-0.05, 0) is 37.5 Å². The van der Waals surface area contributed by atoms with Gasteiger partial charge in [-0.1, -0.05) is 12.1 Å². The van der Waals surface area contributed by atoms with Gasteiger partial charge in [-0.2, -0.15) is 0 Å². The van der Waals surface area contributed by atoms with Crippen LogP contribution in [0.2, 0.25) is 0 Å². The molecule has 0 radical (unpaired) electrons. The Morgan fingerprint density at radius 2 is 2.09 bits per heavy atom. The van der Waals surface area contributed by atoms with Crippen LogP contribution in [-0.2, 0) is 28.2 Å². The molecule has 1 heterocycles. The summed E-state index contributed by atoms with van der Waals surface area (Å²) in [5.74, 6) is -0.0156. The van der Waals surface area contributed by atoms with Crippen molar-refractivity contribution in [2.24, 2.45) is 7.05 Å². The highest BCUT2D eigenvalue weighted by atomic mass is 32.2. The van der Waals surface area contributed by atoms with Gasteiger partial charge in [0.25, 0.3) is 0 Å². The summed E-state index contributed by atoms with van der Waals surface area (Å²) in [7, 11) is 0.224. The van der Waals surface area contributed by atoms with Crippen LogP contribution >= 0.6 is 0 Å². The predicted molar refractivity (Wildman–Crippen MR) is 89.6 cm³/mol. The fourth-order valence-corrected chi connectivity index (χ4v) is 3.84. The lowest BCUT2D eigenvalue weighted by atomic mass is 10.1. The van der Waals surface area contributed by atoms with Gasteiger partial charge >= 0.3 is 0 Å². The molecule has 1 atom stereocenters. The van der Waals surface area contributed by atoms with Crippen molar-refractivity contribution in [1.29, 1.82) is 0 Å². The van der Waals surface area contributed by atoms with E-state index in [1.807, 2.05) is 7.05 Å². The summed E-state index contributed by atoms with van der Waals surface area (Å²) in [5.41, 5.74) is 3.54. The van der Waals surface area contributed by atoms with Gasteiger partial charge in [0.05, 0.1) is 11.9 Å². The third kappa shape index (κ3) is 4.09. The summed E-state index contributed by atoms with van der Waals surface area (Å²) in [5, 5.41) is 1.18. The van der Waals surface area contributed by atoms with Crippen LogP contribution in [0.5, 0.6) is 0 Å². The minimum Gasteiger partial charge on any atom is -0.381 e. The molecular weight excluding hydrogens is 300 g/mol. The standard InChI is InChI=1S/C16H24N2O3S/c1-12-5-6-15-14(10-18(3)16(15)9-12)7-8-17-22(19,20)11-13(2)21-4/h5-6,9-10,13,17H,7-8,11H2,1-4H3/t13-/m0/s1. The predicted octanol–water partition coefficient (Wildman–Crippen LogP) is 1.98. The fourth-order valence-electron chi connectivity index (χ4n) is 2.55. The maximum Gasteiger partial charge on any atom is 0.214 e. The Balaban J connectivity index is 2.04. The molecular formula is C16H24N2O3S. The molecule has 5 nitrogen and oxygen atoms in total. The van der Waals surface area contributed by atoms with Crippen LogP contribution < -0.4 is 4.72 Å². The van der Waals surface area contributed by atoms with Crippen molar-refractivity contribution < 1.29 is 13.2 Å². The number of rotatable bonds is 7. The number of nitrogens with zero attached hydrogens (tertiary/aromatic N) is 1. The first-order valence-electron chi connectivity index (χ1n) is 7.37. The Kier molecular flexibility index (Phi) is 5.26. The smallest absolute Gasteiger partial charge is 0.214 e. The van der Waals surface area contributed by atoms with E-state index in [0.717, 1.165) is 5.56 Å². The molecule has 6 heteroatoms. The average Bonchev–Trinajstić information content (AvgIpc) is 2.74. The normalized spacial score (nSPS) is 13.6. The largest absolute Gasteiger partial charge is 0.381 e. The number of ether oxygens (including phenoxy) is 1. The maximum atomic E-state index is 11.9. The minimum absolute atomic E-state index is 0.0156. The highest BCUT2D eigenvalue weighted by Gasteiger charge is 2.15. The van der Waals surface area contributed by atoms with Crippen molar-refractivity contribution >= 4 is 20.9 Å². The summed E-state index contributed by atoms with van der Waals surface area (Å²) in [4.78, 5) is 0. The van der Waals surface area contributed by atoms with Crippen LogP contribution in [-0.4, -0.2) is 38.5 Å². The van der Waals surface area contributed by atoms with Crippen LogP contribution in [0, 0.1) is 6.92 Å². The minimum atomic E-state index is -3.30. The van der Waals surface area contributed by atoms with E-state index in [9.17, 15) is 8.42 Å². The summed E-state index contributed by atoms with van der Waals surface area (Å²) < 4.78 is 33.5. The SMILES string of the molecule is CO[C@@H](C)CS(=O)(=O)NCCc1cn(C)c2cc(C)ccc12. The second-order valence-corrected chi connectivity index (χ2v) is 7.61. The second-order valence-electron chi connectivity index (χ2n) is 5.76. The topological polar surface area (TPSA) is 60.3 Å². The molecule has 0 aliphatic carbocycles. The Labute approximate surface area is 132 Å². The van der Waals surface area contributed by atoms with Gasteiger partial charge in [0, 0.05) is 37.8 Å². The number of methoxy groups -OCH3 is 1. The van der Waals surface area contributed by atoms with Gasteiger partial charge in [-0.15, -0.1) is 0 Å². The molecule has 0 unspecified atom stereocenters. The number of hydrogen-bond donors (Lipinski definition) is 1. The van der Waals surface area contributed by atoms with Crippen molar-refractivity contribution in [3.63, 3.8) is 0 Å². The Morgan fingerprint density at radius 1 is 1.36 bits per heavy atom. The van der Waals surface area contributed by atoms with Crippen molar-refractivity contribution in [2.75, 3.05) is 19.4 Å². The highest BCUT2D eigenvalue weighted by molar-refractivity contribution is 7.89.